The minimum atomic E-state index is -1.85. The van der Waals surface area contributed by atoms with Gasteiger partial charge in [0.2, 0.25) is 17.5 Å². The number of hydrogen-bond donors (Lipinski definition) is 1. The molecule has 176 valence electrons. The Hall–Kier alpha value is -3.88. The van der Waals surface area contributed by atoms with E-state index in [1.807, 2.05) is 18.2 Å². The van der Waals surface area contributed by atoms with Crippen molar-refractivity contribution in [3.8, 4) is 17.2 Å². The highest BCUT2D eigenvalue weighted by Crippen LogP contribution is 2.31. The van der Waals surface area contributed by atoms with Gasteiger partial charge in [0.25, 0.3) is 5.91 Å². The molecule has 4 aromatic rings. The number of hydrogen-bond acceptors (Lipinski definition) is 4. The third-order valence-electron chi connectivity index (χ3n) is 5.64. The largest absolute Gasteiger partial charge is 0.491 e. The Bertz CT molecular complexity index is 1350. The van der Waals surface area contributed by atoms with Gasteiger partial charge in [-0.3, -0.25) is 4.79 Å². The summed E-state index contributed by atoms with van der Waals surface area (Å²) in [5, 5.41) is 2.22. The van der Waals surface area contributed by atoms with E-state index in [0.29, 0.717) is 28.5 Å². The van der Waals surface area contributed by atoms with Crippen molar-refractivity contribution in [2.75, 3.05) is 12.4 Å². The highest BCUT2D eigenvalue weighted by molar-refractivity contribution is 6.05. The van der Waals surface area contributed by atoms with Crippen LogP contribution in [0.1, 0.15) is 42.1 Å². The van der Waals surface area contributed by atoms with E-state index >= 15 is 0 Å². The molecule has 0 bridgehead atoms. The Morgan fingerprint density at radius 1 is 1.03 bits per heavy atom. The van der Waals surface area contributed by atoms with Gasteiger partial charge >= 0.3 is 0 Å². The van der Waals surface area contributed by atoms with Crippen LogP contribution in [-0.2, 0) is 0 Å². The normalized spacial score (nSPS) is 12.1. The lowest BCUT2D eigenvalue weighted by molar-refractivity contribution is 0.101. The van der Waals surface area contributed by atoms with Crippen molar-refractivity contribution in [3.05, 3.63) is 76.9 Å². The van der Waals surface area contributed by atoms with Gasteiger partial charge in [-0.05, 0) is 54.3 Å². The fourth-order valence-corrected chi connectivity index (χ4v) is 3.49. The fraction of sp³-hybridized carbons (Fsp3) is 0.200. The Morgan fingerprint density at radius 2 is 1.68 bits per heavy atom. The van der Waals surface area contributed by atoms with Crippen molar-refractivity contribution in [1.29, 1.82) is 0 Å². The van der Waals surface area contributed by atoms with Crippen LogP contribution < -0.4 is 10.1 Å². The smallest absolute Gasteiger partial charge is 0.261 e. The number of rotatable bonds is 6. The molecule has 5 nitrogen and oxygen atoms in total. The molecule has 3 aromatic carbocycles. The number of halogens is 4. The van der Waals surface area contributed by atoms with Crippen LogP contribution in [-0.4, -0.2) is 18.0 Å². The number of carbonyl (C=O) groups is 1. The molecule has 9 heteroatoms. The van der Waals surface area contributed by atoms with E-state index in [-0.39, 0.29) is 5.69 Å². The third kappa shape index (κ3) is 4.09. The molecule has 1 N–H and O–H groups in total. The standard InChI is InChI=1S/C25H20F4N2O3/c1-4-12(2)14-7-10-17-16(11-14)31-25(34-17)13-5-8-15(9-6-13)30-24(32)18-19(26)21(28)23(33-3)22(29)20(18)27/h5-12H,4H2,1-3H3,(H,30,32). The lowest BCUT2D eigenvalue weighted by atomic mass is 9.98. The summed E-state index contributed by atoms with van der Waals surface area (Å²) in [6.45, 7) is 4.23. The molecule has 4 rings (SSSR count). The second-order valence-corrected chi connectivity index (χ2v) is 7.75. The monoisotopic (exact) mass is 472 g/mol. The predicted octanol–water partition coefficient (Wildman–Crippen LogP) is 6.83. The van der Waals surface area contributed by atoms with E-state index in [0.717, 1.165) is 19.1 Å². The molecular weight excluding hydrogens is 452 g/mol. The van der Waals surface area contributed by atoms with Crippen molar-refractivity contribution in [2.24, 2.45) is 0 Å². The maximum atomic E-state index is 14.2. The number of methoxy groups -OCH3 is 1. The van der Waals surface area contributed by atoms with Gasteiger partial charge in [-0.2, -0.15) is 8.78 Å². The van der Waals surface area contributed by atoms with E-state index in [9.17, 15) is 22.4 Å². The van der Waals surface area contributed by atoms with Crippen molar-refractivity contribution in [2.45, 2.75) is 26.2 Å². The summed E-state index contributed by atoms with van der Waals surface area (Å²) in [6, 6.07) is 11.9. The van der Waals surface area contributed by atoms with E-state index < -0.39 is 40.5 Å². The van der Waals surface area contributed by atoms with E-state index in [4.69, 9.17) is 4.42 Å². The first-order chi connectivity index (χ1) is 16.2. The highest BCUT2D eigenvalue weighted by atomic mass is 19.2. The number of amides is 1. The molecule has 34 heavy (non-hydrogen) atoms. The average molecular weight is 472 g/mol. The summed E-state index contributed by atoms with van der Waals surface area (Å²) >= 11 is 0. The van der Waals surface area contributed by atoms with Gasteiger partial charge in [-0.15, -0.1) is 0 Å². The van der Waals surface area contributed by atoms with Gasteiger partial charge in [-0.25, -0.2) is 13.8 Å². The predicted molar refractivity (Wildman–Crippen MR) is 119 cm³/mol. The number of nitrogens with zero attached hydrogens (tertiary/aromatic N) is 1. The summed E-state index contributed by atoms with van der Waals surface area (Å²) in [5.41, 5.74) is 1.82. The van der Waals surface area contributed by atoms with Crippen LogP contribution in [0.2, 0.25) is 0 Å². The first-order valence-corrected chi connectivity index (χ1v) is 10.5. The molecule has 0 aliphatic heterocycles. The van der Waals surface area contributed by atoms with Gasteiger partial charge in [0.05, 0.1) is 7.11 Å². The Labute approximate surface area is 192 Å². The van der Waals surface area contributed by atoms with Crippen LogP contribution in [0, 0.1) is 23.3 Å². The molecule has 1 aromatic heterocycles. The SMILES string of the molecule is CCC(C)c1ccc2oc(-c3ccc(NC(=O)c4c(F)c(F)c(OC)c(F)c4F)cc3)nc2c1. The average Bonchev–Trinajstić information content (AvgIpc) is 3.26. The Kier molecular flexibility index (Phi) is 6.28. The molecule has 1 heterocycles. The van der Waals surface area contributed by atoms with Gasteiger partial charge in [-0.1, -0.05) is 19.9 Å². The van der Waals surface area contributed by atoms with Crippen LogP contribution in [0.4, 0.5) is 23.2 Å². The quantitative estimate of drug-likeness (QED) is 0.247. The minimum absolute atomic E-state index is 0.138. The molecule has 1 amide bonds. The van der Waals surface area contributed by atoms with Crippen molar-refractivity contribution in [1.82, 2.24) is 4.98 Å². The number of ether oxygens (including phenoxy) is 1. The molecule has 0 radical (unpaired) electrons. The highest BCUT2D eigenvalue weighted by Gasteiger charge is 2.30. The first-order valence-electron chi connectivity index (χ1n) is 10.5. The van der Waals surface area contributed by atoms with Crippen LogP contribution in [0.15, 0.2) is 46.9 Å². The summed E-state index contributed by atoms with van der Waals surface area (Å²) in [7, 11) is 0.850. The molecule has 0 saturated carbocycles. The zero-order valence-corrected chi connectivity index (χ0v) is 18.5. The molecule has 0 spiro atoms. The summed E-state index contributed by atoms with van der Waals surface area (Å²) in [5.74, 6) is -9.17. The van der Waals surface area contributed by atoms with Gasteiger partial charge in [0.15, 0.2) is 23.0 Å². The molecule has 1 atom stereocenters. The van der Waals surface area contributed by atoms with E-state index in [2.05, 4.69) is 28.9 Å². The molecule has 0 aliphatic rings. The maximum absolute atomic E-state index is 14.2. The number of carbonyl (C=O) groups excluding carboxylic acids is 1. The lowest BCUT2D eigenvalue weighted by Crippen LogP contribution is -2.18. The van der Waals surface area contributed by atoms with Crippen LogP contribution >= 0.6 is 0 Å². The number of benzene rings is 3. The summed E-state index contributed by atoms with van der Waals surface area (Å²) in [6.07, 6.45) is 0.993. The summed E-state index contributed by atoms with van der Waals surface area (Å²) < 4.78 is 66.3. The maximum Gasteiger partial charge on any atom is 0.261 e. The molecule has 1 unspecified atom stereocenters. The van der Waals surface area contributed by atoms with Gasteiger partial charge in [0, 0.05) is 11.3 Å². The van der Waals surface area contributed by atoms with Crippen molar-refractivity contribution >= 4 is 22.7 Å². The number of nitrogens with one attached hydrogen (secondary N) is 1. The van der Waals surface area contributed by atoms with Crippen LogP contribution in [0.3, 0.4) is 0 Å². The minimum Gasteiger partial charge on any atom is -0.491 e. The number of oxazole rings is 1. The summed E-state index contributed by atoms with van der Waals surface area (Å²) in [4.78, 5) is 16.9. The van der Waals surface area contributed by atoms with Crippen molar-refractivity contribution < 1.29 is 31.5 Å². The zero-order valence-electron chi connectivity index (χ0n) is 18.5. The van der Waals surface area contributed by atoms with E-state index in [1.54, 1.807) is 12.1 Å². The molecule has 0 saturated heterocycles. The number of fused-ring (bicyclic) bond motifs is 1. The van der Waals surface area contributed by atoms with E-state index in [1.165, 1.54) is 12.1 Å². The number of aromatic nitrogens is 1. The fourth-order valence-electron chi connectivity index (χ4n) is 3.49. The zero-order chi connectivity index (χ0) is 24.6. The molecular formula is C25H20F4N2O3. The second kappa shape index (κ2) is 9.17. The van der Waals surface area contributed by atoms with Crippen molar-refractivity contribution in [3.63, 3.8) is 0 Å². The Morgan fingerprint density at radius 3 is 2.26 bits per heavy atom. The number of anilines is 1. The molecule has 0 aliphatic carbocycles. The van der Waals surface area contributed by atoms with Crippen LogP contribution in [0.25, 0.3) is 22.6 Å². The molecule has 0 fully saturated rings. The third-order valence-corrected chi connectivity index (χ3v) is 5.64. The second-order valence-electron chi connectivity index (χ2n) is 7.75. The Balaban J connectivity index is 1.58. The van der Waals surface area contributed by atoms with Gasteiger partial charge in [0.1, 0.15) is 11.1 Å². The lowest BCUT2D eigenvalue weighted by Gasteiger charge is -2.11. The topological polar surface area (TPSA) is 64.4 Å². The first kappa shape index (κ1) is 23.3. The van der Waals surface area contributed by atoms with Gasteiger partial charge < -0.3 is 14.5 Å². The van der Waals surface area contributed by atoms with Crippen LogP contribution in [0.5, 0.6) is 5.75 Å².